The normalized spacial score (nSPS) is 19.9. The van der Waals surface area contributed by atoms with Gasteiger partial charge in [-0.05, 0) is 67.7 Å². The van der Waals surface area contributed by atoms with Crippen molar-refractivity contribution in [1.29, 1.82) is 0 Å². The van der Waals surface area contributed by atoms with Gasteiger partial charge in [0.2, 0.25) is 0 Å². The Morgan fingerprint density at radius 1 is 1.06 bits per heavy atom. The van der Waals surface area contributed by atoms with Crippen LogP contribution in [0.4, 0.5) is 0 Å². The van der Waals surface area contributed by atoms with E-state index in [0.717, 1.165) is 29.3 Å². The quantitative estimate of drug-likeness (QED) is 0.807. The van der Waals surface area contributed by atoms with E-state index in [1.165, 1.54) is 37.8 Å². The smallest absolute Gasteiger partial charge is 0.0406 e. The lowest BCUT2D eigenvalue weighted by Crippen LogP contribution is -2.25. The van der Waals surface area contributed by atoms with Crippen LogP contribution < -0.4 is 5.32 Å². The van der Waals surface area contributed by atoms with Crippen LogP contribution >= 0.6 is 11.6 Å². The number of nitrogens with one attached hydrogen (secondary N) is 1. The molecule has 17 heavy (non-hydrogen) atoms. The maximum Gasteiger partial charge on any atom is 0.0406 e. The third-order valence-electron chi connectivity index (χ3n) is 4.08. The molecule has 2 saturated carbocycles. The molecule has 0 heterocycles. The van der Waals surface area contributed by atoms with Crippen molar-refractivity contribution in [3.05, 3.63) is 34.9 Å². The topological polar surface area (TPSA) is 12.0 Å². The van der Waals surface area contributed by atoms with Crippen LogP contribution in [0.25, 0.3) is 0 Å². The summed E-state index contributed by atoms with van der Waals surface area (Å²) >= 11 is 5.88. The van der Waals surface area contributed by atoms with Crippen LogP contribution in [0.1, 0.15) is 31.2 Å². The molecule has 0 saturated heterocycles. The predicted molar refractivity (Wildman–Crippen MR) is 72.1 cm³/mol. The first-order valence-corrected chi connectivity index (χ1v) is 7.16. The molecule has 2 aliphatic carbocycles. The van der Waals surface area contributed by atoms with Crippen molar-refractivity contribution < 1.29 is 0 Å². The summed E-state index contributed by atoms with van der Waals surface area (Å²) in [5.74, 6) is 3.04. The second-order valence-corrected chi connectivity index (χ2v) is 6.03. The number of halogens is 1. The van der Waals surface area contributed by atoms with Gasteiger partial charge in [-0.15, -0.1) is 0 Å². The molecule has 2 fully saturated rings. The average Bonchev–Trinajstić information content (AvgIpc) is 3.19. The molecular weight excluding hydrogens is 230 g/mol. The monoisotopic (exact) mass is 249 g/mol. The fourth-order valence-electron chi connectivity index (χ4n) is 2.75. The molecular formula is C15H20ClN. The van der Waals surface area contributed by atoms with E-state index in [4.69, 9.17) is 11.6 Å². The molecule has 0 aliphatic heterocycles. The minimum Gasteiger partial charge on any atom is -0.312 e. The lowest BCUT2D eigenvalue weighted by Gasteiger charge is -2.16. The van der Waals surface area contributed by atoms with Crippen molar-refractivity contribution in [2.75, 3.05) is 6.54 Å². The Labute approximate surface area is 109 Å². The Hall–Kier alpha value is -0.530. The van der Waals surface area contributed by atoms with Crippen LogP contribution in [0.5, 0.6) is 0 Å². The Bertz CT molecular complexity index is 353. The summed E-state index contributed by atoms with van der Waals surface area (Å²) in [5, 5.41) is 4.44. The zero-order valence-electron chi connectivity index (χ0n) is 10.2. The Morgan fingerprint density at radius 3 is 2.18 bits per heavy atom. The highest BCUT2D eigenvalue weighted by molar-refractivity contribution is 6.30. The van der Waals surface area contributed by atoms with Gasteiger partial charge in [0.1, 0.15) is 0 Å². The minimum atomic E-state index is 0.822. The molecule has 1 aromatic carbocycles. The highest BCUT2D eigenvalue weighted by Gasteiger charge is 2.40. The molecule has 1 N–H and O–H groups in total. The Balaban J connectivity index is 1.45. The van der Waals surface area contributed by atoms with Crippen molar-refractivity contribution in [3.63, 3.8) is 0 Å². The number of hydrogen-bond acceptors (Lipinski definition) is 1. The van der Waals surface area contributed by atoms with Crippen molar-refractivity contribution in [3.8, 4) is 0 Å². The van der Waals surface area contributed by atoms with Gasteiger partial charge in [-0.2, -0.15) is 0 Å². The van der Waals surface area contributed by atoms with Gasteiger partial charge in [-0.1, -0.05) is 23.7 Å². The third kappa shape index (κ3) is 3.23. The minimum absolute atomic E-state index is 0.822. The predicted octanol–water partition coefficient (Wildman–Crippen LogP) is 3.87. The lowest BCUT2D eigenvalue weighted by molar-refractivity contribution is 0.378. The summed E-state index contributed by atoms with van der Waals surface area (Å²) in [6.45, 7) is 2.19. The van der Waals surface area contributed by atoms with Gasteiger partial charge in [0.25, 0.3) is 0 Å². The summed E-state index contributed by atoms with van der Waals surface area (Å²) in [7, 11) is 0. The molecule has 2 aliphatic rings. The molecule has 0 bridgehead atoms. The fraction of sp³-hybridized carbons (Fsp3) is 0.600. The van der Waals surface area contributed by atoms with Crippen LogP contribution in [0.15, 0.2) is 24.3 Å². The Kier molecular flexibility index (Phi) is 3.39. The molecule has 0 unspecified atom stereocenters. The molecule has 2 heteroatoms. The van der Waals surface area contributed by atoms with Crippen LogP contribution in [0, 0.1) is 17.8 Å². The molecule has 0 radical (unpaired) electrons. The van der Waals surface area contributed by atoms with E-state index >= 15 is 0 Å². The van der Waals surface area contributed by atoms with E-state index in [0.29, 0.717) is 0 Å². The Morgan fingerprint density at radius 2 is 1.65 bits per heavy atom. The fourth-order valence-corrected chi connectivity index (χ4v) is 2.88. The molecule has 1 aromatic rings. The average molecular weight is 250 g/mol. The second kappa shape index (κ2) is 4.99. The summed E-state index contributed by atoms with van der Waals surface area (Å²) < 4.78 is 0. The largest absolute Gasteiger partial charge is 0.312 e. The highest BCUT2D eigenvalue weighted by atomic mass is 35.5. The summed E-state index contributed by atoms with van der Waals surface area (Å²) in [6.07, 6.45) is 5.90. The maximum absolute atomic E-state index is 5.88. The van der Waals surface area contributed by atoms with Gasteiger partial charge in [0.05, 0.1) is 0 Å². The first kappa shape index (κ1) is 11.6. The van der Waals surface area contributed by atoms with Gasteiger partial charge < -0.3 is 5.32 Å². The maximum atomic E-state index is 5.88. The number of benzene rings is 1. The zero-order valence-corrected chi connectivity index (χ0v) is 10.9. The summed E-state index contributed by atoms with van der Waals surface area (Å²) in [5.41, 5.74) is 1.33. The van der Waals surface area contributed by atoms with Crippen LogP contribution in [-0.4, -0.2) is 6.54 Å². The van der Waals surface area contributed by atoms with E-state index in [2.05, 4.69) is 17.4 Å². The number of rotatable bonds is 6. The molecule has 1 nitrogen and oxygen atoms in total. The van der Waals surface area contributed by atoms with Crippen LogP contribution in [0.2, 0.25) is 5.02 Å². The van der Waals surface area contributed by atoms with Gasteiger partial charge in [0, 0.05) is 11.6 Å². The molecule has 0 spiro atoms. The van der Waals surface area contributed by atoms with Gasteiger partial charge in [0.15, 0.2) is 0 Å². The van der Waals surface area contributed by atoms with Crippen molar-refractivity contribution >= 4 is 11.6 Å². The van der Waals surface area contributed by atoms with Crippen molar-refractivity contribution in [2.24, 2.45) is 17.8 Å². The van der Waals surface area contributed by atoms with Gasteiger partial charge >= 0.3 is 0 Å². The summed E-state index contributed by atoms with van der Waals surface area (Å²) in [6, 6.07) is 8.16. The third-order valence-corrected chi connectivity index (χ3v) is 4.33. The van der Waals surface area contributed by atoms with Crippen molar-refractivity contribution in [1.82, 2.24) is 5.32 Å². The standard InChI is InChI=1S/C15H20ClN/c16-14-7-1-11(2-8-14)9-17-10-15(12-3-4-12)13-5-6-13/h1-2,7-8,12-13,15,17H,3-6,9-10H2. The van der Waals surface area contributed by atoms with E-state index in [-0.39, 0.29) is 0 Å². The molecule has 92 valence electrons. The second-order valence-electron chi connectivity index (χ2n) is 5.60. The first-order valence-electron chi connectivity index (χ1n) is 6.78. The van der Waals surface area contributed by atoms with E-state index in [1.807, 2.05) is 12.1 Å². The molecule has 0 amide bonds. The van der Waals surface area contributed by atoms with Crippen LogP contribution in [-0.2, 0) is 6.54 Å². The van der Waals surface area contributed by atoms with E-state index in [9.17, 15) is 0 Å². The summed E-state index contributed by atoms with van der Waals surface area (Å²) in [4.78, 5) is 0. The molecule has 0 atom stereocenters. The van der Waals surface area contributed by atoms with Gasteiger partial charge in [-0.3, -0.25) is 0 Å². The molecule has 0 aromatic heterocycles. The number of hydrogen-bond donors (Lipinski definition) is 1. The van der Waals surface area contributed by atoms with Gasteiger partial charge in [-0.25, -0.2) is 0 Å². The highest BCUT2D eigenvalue weighted by Crippen LogP contribution is 2.48. The van der Waals surface area contributed by atoms with E-state index < -0.39 is 0 Å². The molecule has 3 rings (SSSR count). The van der Waals surface area contributed by atoms with Crippen molar-refractivity contribution in [2.45, 2.75) is 32.2 Å². The van der Waals surface area contributed by atoms with E-state index in [1.54, 1.807) is 0 Å². The SMILES string of the molecule is Clc1ccc(CNCC(C2CC2)C2CC2)cc1. The van der Waals surface area contributed by atoms with Crippen LogP contribution in [0.3, 0.4) is 0 Å². The lowest BCUT2D eigenvalue weighted by atomic mass is 9.98. The zero-order chi connectivity index (χ0) is 11.7. The first-order chi connectivity index (χ1) is 8.33.